The standard InChI is InChI=1S/C18H34N4O2/c1-2-22-13-7-10-16(22)14-20-17(23)11-6-12-19-18(24)21-15-8-4-3-5-9-15/h15-16H,2-14H2,1H3,(H,20,23)(H2,19,21,24). The van der Waals surface area contributed by atoms with E-state index in [-0.39, 0.29) is 11.9 Å². The summed E-state index contributed by atoms with van der Waals surface area (Å²) in [4.78, 5) is 26.1. The van der Waals surface area contributed by atoms with Gasteiger partial charge in [0.05, 0.1) is 0 Å². The largest absolute Gasteiger partial charge is 0.355 e. The second-order valence-electron chi connectivity index (χ2n) is 7.07. The maximum Gasteiger partial charge on any atom is 0.315 e. The highest BCUT2D eigenvalue weighted by molar-refractivity contribution is 5.76. The number of hydrogen-bond donors (Lipinski definition) is 3. The van der Waals surface area contributed by atoms with Crippen LogP contribution in [0.3, 0.4) is 0 Å². The Morgan fingerprint density at radius 2 is 1.83 bits per heavy atom. The van der Waals surface area contributed by atoms with Crippen molar-refractivity contribution < 1.29 is 9.59 Å². The number of carbonyl (C=O) groups excluding carboxylic acids is 2. The molecule has 0 aromatic rings. The molecule has 1 saturated heterocycles. The van der Waals surface area contributed by atoms with E-state index in [0.717, 1.165) is 32.5 Å². The van der Waals surface area contributed by atoms with Gasteiger partial charge in [0.25, 0.3) is 0 Å². The van der Waals surface area contributed by atoms with Crippen LogP contribution in [-0.2, 0) is 4.79 Å². The number of likely N-dealkylation sites (tertiary alicyclic amines) is 1. The molecule has 1 saturated carbocycles. The molecule has 3 amide bonds. The van der Waals surface area contributed by atoms with Gasteiger partial charge < -0.3 is 16.0 Å². The van der Waals surface area contributed by atoms with Gasteiger partial charge in [0.2, 0.25) is 5.91 Å². The van der Waals surface area contributed by atoms with Gasteiger partial charge in [-0.3, -0.25) is 9.69 Å². The van der Waals surface area contributed by atoms with Crippen LogP contribution in [0.5, 0.6) is 0 Å². The highest BCUT2D eigenvalue weighted by Gasteiger charge is 2.23. The Bertz CT molecular complexity index is 396. The lowest BCUT2D eigenvalue weighted by atomic mass is 9.96. The Kier molecular flexibility index (Phi) is 8.36. The van der Waals surface area contributed by atoms with Gasteiger partial charge in [-0.1, -0.05) is 26.2 Å². The maximum atomic E-state index is 11.9. The van der Waals surface area contributed by atoms with Crippen LogP contribution in [0.25, 0.3) is 0 Å². The Morgan fingerprint density at radius 1 is 1.04 bits per heavy atom. The van der Waals surface area contributed by atoms with Gasteiger partial charge in [-0.15, -0.1) is 0 Å². The predicted molar refractivity (Wildman–Crippen MR) is 95.9 cm³/mol. The SMILES string of the molecule is CCN1CCCC1CNC(=O)CCCNC(=O)NC1CCCCC1. The number of nitrogens with zero attached hydrogens (tertiary/aromatic N) is 1. The molecule has 1 aliphatic carbocycles. The Hall–Kier alpha value is -1.30. The second-order valence-corrected chi connectivity index (χ2v) is 7.07. The van der Waals surface area contributed by atoms with Gasteiger partial charge in [0, 0.05) is 31.6 Å². The summed E-state index contributed by atoms with van der Waals surface area (Å²) in [7, 11) is 0. The molecule has 0 bridgehead atoms. The minimum Gasteiger partial charge on any atom is -0.355 e. The number of amides is 3. The van der Waals surface area contributed by atoms with Crippen LogP contribution < -0.4 is 16.0 Å². The lowest BCUT2D eigenvalue weighted by Gasteiger charge is -2.23. The van der Waals surface area contributed by atoms with Crippen molar-refractivity contribution in [2.75, 3.05) is 26.2 Å². The first-order chi connectivity index (χ1) is 11.7. The van der Waals surface area contributed by atoms with Gasteiger partial charge in [0.1, 0.15) is 0 Å². The molecule has 1 aliphatic heterocycles. The summed E-state index contributed by atoms with van der Waals surface area (Å²) in [6, 6.07) is 0.736. The fourth-order valence-corrected chi connectivity index (χ4v) is 3.80. The third-order valence-corrected chi connectivity index (χ3v) is 5.25. The predicted octanol–water partition coefficient (Wildman–Crippen LogP) is 2.00. The molecule has 138 valence electrons. The van der Waals surface area contributed by atoms with Crippen LogP contribution in [0.2, 0.25) is 0 Å². The van der Waals surface area contributed by atoms with E-state index in [1.807, 2.05) is 0 Å². The quantitative estimate of drug-likeness (QED) is 0.593. The molecule has 2 rings (SSSR count). The molecular weight excluding hydrogens is 304 g/mol. The topological polar surface area (TPSA) is 73.5 Å². The van der Waals surface area contributed by atoms with E-state index in [0.29, 0.717) is 31.5 Å². The molecule has 0 spiro atoms. The van der Waals surface area contributed by atoms with Gasteiger partial charge >= 0.3 is 6.03 Å². The molecule has 0 aromatic carbocycles. The fourth-order valence-electron chi connectivity index (χ4n) is 3.80. The summed E-state index contributed by atoms with van der Waals surface area (Å²) >= 11 is 0. The number of urea groups is 1. The van der Waals surface area contributed by atoms with Crippen LogP contribution in [0.15, 0.2) is 0 Å². The van der Waals surface area contributed by atoms with E-state index >= 15 is 0 Å². The van der Waals surface area contributed by atoms with E-state index in [1.54, 1.807) is 0 Å². The zero-order chi connectivity index (χ0) is 17.2. The molecule has 0 aromatic heterocycles. The average Bonchev–Trinajstić information content (AvgIpc) is 3.05. The van der Waals surface area contributed by atoms with Crippen molar-refractivity contribution in [3.8, 4) is 0 Å². The van der Waals surface area contributed by atoms with E-state index in [2.05, 4.69) is 27.8 Å². The smallest absolute Gasteiger partial charge is 0.315 e. The van der Waals surface area contributed by atoms with Gasteiger partial charge in [-0.25, -0.2) is 4.79 Å². The number of hydrogen-bond acceptors (Lipinski definition) is 3. The molecule has 2 fully saturated rings. The lowest BCUT2D eigenvalue weighted by molar-refractivity contribution is -0.121. The average molecular weight is 338 g/mol. The molecule has 1 unspecified atom stereocenters. The third-order valence-electron chi connectivity index (χ3n) is 5.25. The monoisotopic (exact) mass is 338 g/mol. The third kappa shape index (κ3) is 6.67. The number of likely N-dealkylation sites (N-methyl/N-ethyl adjacent to an activating group) is 1. The first-order valence-corrected chi connectivity index (χ1v) is 9.74. The minimum absolute atomic E-state index is 0.0902. The summed E-state index contributed by atoms with van der Waals surface area (Å²) < 4.78 is 0. The molecule has 1 atom stereocenters. The zero-order valence-electron chi connectivity index (χ0n) is 15.1. The highest BCUT2D eigenvalue weighted by Crippen LogP contribution is 2.17. The number of rotatable bonds is 8. The Morgan fingerprint density at radius 3 is 2.58 bits per heavy atom. The molecular formula is C18H34N4O2. The first kappa shape index (κ1) is 19.0. The van der Waals surface area contributed by atoms with Crippen LogP contribution in [0.4, 0.5) is 4.79 Å². The van der Waals surface area contributed by atoms with E-state index in [4.69, 9.17) is 0 Å². The van der Waals surface area contributed by atoms with Crippen molar-refractivity contribution in [3.63, 3.8) is 0 Å². The molecule has 24 heavy (non-hydrogen) atoms. The van der Waals surface area contributed by atoms with Gasteiger partial charge in [-0.05, 0) is 45.2 Å². The summed E-state index contributed by atoms with van der Waals surface area (Å²) in [5.74, 6) is 0.0902. The first-order valence-electron chi connectivity index (χ1n) is 9.74. The molecule has 6 heteroatoms. The molecule has 2 aliphatic rings. The number of nitrogens with one attached hydrogen (secondary N) is 3. The van der Waals surface area contributed by atoms with Crippen molar-refractivity contribution in [1.82, 2.24) is 20.9 Å². The van der Waals surface area contributed by atoms with Crippen molar-refractivity contribution in [1.29, 1.82) is 0 Å². The van der Waals surface area contributed by atoms with Gasteiger partial charge in [0.15, 0.2) is 0 Å². The van der Waals surface area contributed by atoms with Crippen LogP contribution >= 0.6 is 0 Å². The Labute approximate surface area is 146 Å². The summed E-state index contributed by atoms with van der Waals surface area (Å²) in [6.07, 6.45) is 9.45. The normalized spacial score (nSPS) is 22.3. The lowest BCUT2D eigenvalue weighted by Crippen LogP contribution is -2.43. The molecule has 3 N–H and O–H groups in total. The number of carbonyl (C=O) groups is 2. The summed E-state index contributed by atoms with van der Waals surface area (Å²) in [5.41, 5.74) is 0. The van der Waals surface area contributed by atoms with E-state index < -0.39 is 0 Å². The molecule has 6 nitrogen and oxygen atoms in total. The van der Waals surface area contributed by atoms with E-state index in [9.17, 15) is 9.59 Å². The van der Waals surface area contributed by atoms with Crippen molar-refractivity contribution in [2.24, 2.45) is 0 Å². The fraction of sp³-hybridized carbons (Fsp3) is 0.889. The van der Waals surface area contributed by atoms with Crippen LogP contribution in [-0.4, -0.2) is 55.1 Å². The maximum absolute atomic E-state index is 11.9. The van der Waals surface area contributed by atoms with E-state index in [1.165, 1.54) is 32.1 Å². The van der Waals surface area contributed by atoms with Gasteiger partial charge in [-0.2, -0.15) is 0 Å². The molecule has 1 heterocycles. The van der Waals surface area contributed by atoms with Crippen molar-refractivity contribution in [2.45, 2.75) is 76.8 Å². The van der Waals surface area contributed by atoms with Crippen LogP contribution in [0.1, 0.15) is 64.7 Å². The molecule has 0 radical (unpaired) electrons. The van der Waals surface area contributed by atoms with Crippen LogP contribution in [0, 0.1) is 0 Å². The summed E-state index contributed by atoms with van der Waals surface area (Å²) in [6.45, 7) is 5.68. The van der Waals surface area contributed by atoms with Crippen molar-refractivity contribution in [3.05, 3.63) is 0 Å². The highest BCUT2D eigenvalue weighted by atomic mass is 16.2. The summed E-state index contributed by atoms with van der Waals surface area (Å²) in [5, 5.41) is 8.92. The minimum atomic E-state index is -0.0909. The Balaban J connectivity index is 1.49. The zero-order valence-corrected chi connectivity index (χ0v) is 15.1. The second kappa shape index (κ2) is 10.5. The van der Waals surface area contributed by atoms with Crippen molar-refractivity contribution >= 4 is 11.9 Å².